The summed E-state index contributed by atoms with van der Waals surface area (Å²) < 4.78 is 3.56. The highest BCUT2D eigenvalue weighted by Gasteiger charge is 2.25. The fourth-order valence-electron chi connectivity index (χ4n) is 2.60. The van der Waals surface area contributed by atoms with Crippen molar-refractivity contribution in [1.82, 2.24) is 9.13 Å². The summed E-state index contributed by atoms with van der Waals surface area (Å²) in [5, 5.41) is 0. The maximum absolute atomic E-state index is 11.9. The van der Waals surface area contributed by atoms with Crippen molar-refractivity contribution in [2.24, 2.45) is 0 Å². The monoisotopic (exact) mass is 228 g/mol. The second-order valence-electron chi connectivity index (χ2n) is 4.62. The van der Waals surface area contributed by atoms with Crippen molar-refractivity contribution in [3.05, 3.63) is 58.3 Å². The van der Waals surface area contributed by atoms with Gasteiger partial charge >= 0.3 is 5.69 Å². The van der Waals surface area contributed by atoms with E-state index in [-0.39, 0.29) is 5.69 Å². The Labute approximate surface area is 100 Å². The molecule has 0 spiro atoms. The van der Waals surface area contributed by atoms with Crippen LogP contribution in [0, 0.1) is 0 Å². The molecule has 1 aromatic carbocycles. The summed E-state index contributed by atoms with van der Waals surface area (Å²) in [5.74, 6) is 0.511. The molecule has 0 fully saturated rings. The summed E-state index contributed by atoms with van der Waals surface area (Å²) in [6.45, 7) is 3.54. The lowest BCUT2D eigenvalue weighted by Crippen LogP contribution is -2.29. The first-order chi connectivity index (χ1) is 8.29. The Bertz CT molecular complexity index is 594. The zero-order chi connectivity index (χ0) is 11.8. The van der Waals surface area contributed by atoms with Gasteiger partial charge in [0.2, 0.25) is 0 Å². The fourth-order valence-corrected chi connectivity index (χ4v) is 2.60. The van der Waals surface area contributed by atoms with Crippen LogP contribution in [0.3, 0.4) is 0 Å². The summed E-state index contributed by atoms with van der Waals surface area (Å²) in [5.41, 5.74) is 2.95. The predicted molar refractivity (Wildman–Crippen MR) is 67.3 cm³/mol. The number of benzene rings is 1. The Hall–Kier alpha value is -1.77. The molecular formula is C14H16N2O. The van der Waals surface area contributed by atoms with E-state index in [1.807, 2.05) is 23.9 Å². The Balaban J connectivity index is 1.82. The molecule has 2 aromatic rings. The molecule has 3 rings (SSSR count). The highest BCUT2D eigenvalue weighted by atomic mass is 16.1. The Morgan fingerprint density at radius 1 is 1.24 bits per heavy atom. The molecule has 1 unspecified atom stereocenters. The van der Waals surface area contributed by atoms with Gasteiger partial charge in [-0.15, -0.1) is 0 Å². The number of rotatable bonds is 3. The molecule has 1 aromatic heterocycles. The Kier molecular flexibility index (Phi) is 2.39. The van der Waals surface area contributed by atoms with E-state index in [2.05, 4.69) is 24.3 Å². The normalized spacial score (nSPS) is 17.6. The van der Waals surface area contributed by atoms with Crippen LogP contribution in [-0.4, -0.2) is 9.13 Å². The van der Waals surface area contributed by atoms with Crippen LogP contribution in [0.25, 0.3) is 0 Å². The number of fused-ring (bicyclic) bond motifs is 1. The molecule has 1 heterocycles. The predicted octanol–water partition coefficient (Wildman–Crippen LogP) is 2.01. The molecule has 0 saturated heterocycles. The van der Waals surface area contributed by atoms with Gasteiger partial charge in [0.25, 0.3) is 0 Å². The van der Waals surface area contributed by atoms with Crippen LogP contribution in [0.15, 0.2) is 41.5 Å². The minimum absolute atomic E-state index is 0.108. The van der Waals surface area contributed by atoms with E-state index in [0.29, 0.717) is 5.92 Å². The zero-order valence-corrected chi connectivity index (χ0v) is 9.97. The standard InChI is InChI=1S/C14H16N2O/c1-2-15-7-8-16(14(15)17)10-12-9-11-5-3-4-6-13(11)12/h3-8,12H,2,9-10H2,1H3. The molecule has 0 N–H and O–H groups in total. The molecule has 88 valence electrons. The molecule has 1 atom stereocenters. The minimum atomic E-state index is 0.108. The highest BCUT2D eigenvalue weighted by molar-refractivity contribution is 5.39. The smallest absolute Gasteiger partial charge is 0.300 e. The lowest BCUT2D eigenvalue weighted by atomic mass is 9.77. The molecule has 17 heavy (non-hydrogen) atoms. The average Bonchev–Trinajstić information content (AvgIpc) is 2.67. The van der Waals surface area contributed by atoms with Crippen molar-refractivity contribution in [1.29, 1.82) is 0 Å². The van der Waals surface area contributed by atoms with E-state index in [1.54, 1.807) is 4.57 Å². The van der Waals surface area contributed by atoms with E-state index in [4.69, 9.17) is 0 Å². The first-order valence-electron chi connectivity index (χ1n) is 6.13. The van der Waals surface area contributed by atoms with Crippen molar-refractivity contribution >= 4 is 0 Å². The second kappa shape index (κ2) is 3.91. The van der Waals surface area contributed by atoms with Gasteiger partial charge in [0.1, 0.15) is 0 Å². The quantitative estimate of drug-likeness (QED) is 0.789. The van der Waals surface area contributed by atoms with Crippen LogP contribution in [0.5, 0.6) is 0 Å². The maximum atomic E-state index is 11.9. The van der Waals surface area contributed by atoms with Gasteiger partial charge in [-0.1, -0.05) is 24.3 Å². The summed E-state index contributed by atoms with van der Waals surface area (Å²) in [6, 6.07) is 8.50. The summed E-state index contributed by atoms with van der Waals surface area (Å²) >= 11 is 0. The molecule has 0 bridgehead atoms. The Morgan fingerprint density at radius 2 is 2.00 bits per heavy atom. The van der Waals surface area contributed by atoms with Gasteiger partial charge in [0, 0.05) is 31.4 Å². The number of hydrogen-bond acceptors (Lipinski definition) is 1. The molecule has 1 aliphatic rings. The topological polar surface area (TPSA) is 26.9 Å². The van der Waals surface area contributed by atoms with Gasteiger partial charge < -0.3 is 0 Å². The number of hydrogen-bond donors (Lipinski definition) is 0. The highest BCUT2D eigenvalue weighted by Crippen LogP contribution is 2.35. The van der Waals surface area contributed by atoms with Gasteiger partial charge in [-0.05, 0) is 24.5 Å². The fraction of sp³-hybridized carbons (Fsp3) is 0.357. The third-order valence-corrected chi connectivity index (χ3v) is 3.64. The zero-order valence-electron chi connectivity index (χ0n) is 9.97. The maximum Gasteiger partial charge on any atom is 0.328 e. The van der Waals surface area contributed by atoms with Gasteiger partial charge in [-0.3, -0.25) is 9.13 Å². The lowest BCUT2D eigenvalue weighted by molar-refractivity contribution is 0.492. The van der Waals surface area contributed by atoms with Crippen LogP contribution in [0.2, 0.25) is 0 Å². The third-order valence-electron chi connectivity index (χ3n) is 3.64. The third kappa shape index (κ3) is 1.62. The molecule has 0 radical (unpaired) electrons. The number of aromatic nitrogens is 2. The number of nitrogens with zero attached hydrogens (tertiary/aromatic N) is 2. The molecule has 0 saturated carbocycles. The number of imidazole rings is 1. The van der Waals surface area contributed by atoms with Crippen LogP contribution in [0.4, 0.5) is 0 Å². The summed E-state index contributed by atoms with van der Waals surface area (Å²) in [4.78, 5) is 11.9. The number of aryl methyl sites for hydroxylation is 1. The van der Waals surface area contributed by atoms with E-state index in [9.17, 15) is 4.79 Å². The van der Waals surface area contributed by atoms with E-state index >= 15 is 0 Å². The van der Waals surface area contributed by atoms with Crippen molar-refractivity contribution in [2.45, 2.75) is 32.4 Å². The van der Waals surface area contributed by atoms with Crippen molar-refractivity contribution in [3.63, 3.8) is 0 Å². The van der Waals surface area contributed by atoms with E-state index < -0.39 is 0 Å². The first kappa shape index (κ1) is 10.4. The minimum Gasteiger partial charge on any atom is -0.300 e. The van der Waals surface area contributed by atoms with Crippen LogP contribution in [0.1, 0.15) is 24.0 Å². The van der Waals surface area contributed by atoms with E-state index in [0.717, 1.165) is 19.5 Å². The molecule has 1 aliphatic carbocycles. The van der Waals surface area contributed by atoms with Crippen LogP contribution in [-0.2, 0) is 19.5 Å². The van der Waals surface area contributed by atoms with Crippen molar-refractivity contribution < 1.29 is 0 Å². The Morgan fingerprint density at radius 3 is 2.71 bits per heavy atom. The average molecular weight is 228 g/mol. The second-order valence-corrected chi connectivity index (χ2v) is 4.62. The van der Waals surface area contributed by atoms with E-state index in [1.165, 1.54) is 11.1 Å². The van der Waals surface area contributed by atoms with Gasteiger partial charge in [-0.2, -0.15) is 0 Å². The SMILES string of the molecule is CCn1ccn(CC2Cc3ccccc32)c1=O. The molecule has 3 nitrogen and oxygen atoms in total. The van der Waals surface area contributed by atoms with Gasteiger partial charge in [-0.25, -0.2) is 4.79 Å². The van der Waals surface area contributed by atoms with Gasteiger partial charge in [0.05, 0.1) is 0 Å². The van der Waals surface area contributed by atoms with Crippen molar-refractivity contribution in [3.8, 4) is 0 Å². The molecule has 0 aliphatic heterocycles. The van der Waals surface area contributed by atoms with Crippen LogP contribution < -0.4 is 5.69 Å². The molecular weight excluding hydrogens is 212 g/mol. The summed E-state index contributed by atoms with van der Waals surface area (Å²) in [6.07, 6.45) is 4.86. The largest absolute Gasteiger partial charge is 0.328 e. The van der Waals surface area contributed by atoms with Crippen LogP contribution >= 0.6 is 0 Å². The molecule has 0 amide bonds. The summed E-state index contributed by atoms with van der Waals surface area (Å²) in [7, 11) is 0. The van der Waals surface area contributed by atoms with Gasteiger partial charge in [0.15, 0.2) is 0 Å². The first-order valence-corrected chi connectivity index (χ1v) is 6.13. The molecule has 3 heteroatoms. The van der Waals surface area contributed by atoms with Crippen molar-refractivity contribution in [2.75, 3.05) is 0 Å². The lowest BCUT2D eigenvalue weighted by Gasteiger charge is -2.30.